The molecule has 0 spiro atoms. The lowest BCUT2D eigenvalue weighted by atomic mass is 10.0. The Morgan fingerprint density at radius 2 is 1.84 bits per heavy atom. The van der Waals surface area contributed by atoms with Crippen molar-refractivity contribution in [3.05, 3.63) is 70.3 Å². The number of alkyl halides is 3. The minimum atomic E-state index is -4.40. The van der Waals surface area contributed by atoms with E-state index in [1.807, 2.05) is 12.1 Å². The Morgan fingerprint density at radius 1 is 1.12 bits per heavy atom. The number of carbonyl (C=O) groups is 1. The minimum Gasteiger partial charge on any atom is -0.346 e. The van der Waals surface area contributed by atoms with Crippen molar-refractivity contribution in [2.45, 2.75) is 32.2 Å². The lowest BCUT2D eigenvalue weighted by Gasteiger charge is -2.16. The number of benzene rings is 2. The van der Waals surface area contributed by atoms with Gasteiger partial charge in [-0.15, -0.1) is 12.4 Å². The average Bonchev–Trinajstić information content (AvgIpc) is 3.01. The first kappa shape index (κ1) is 19.3. The molecule has 1 amide bonds. The molecule has 1 heterocycles. The first-order valence-corrected chi connectivity index (χ1v) is 7.65. The molecule has 2 aromatic rings. The summed E-state index contributed by atoms with van der Waals surface area (Å²) >= 11 is 0. The average molecular weight is 371 g/mol. The molecule has 0 saturated carbocycles. The van der Waals surface area contributed by atoms with Crippen LogP contribution in [0.2, 0.25) is 0 Å². The molecule has 0 saturated heterocycles. The summed E-state index contributed by atoms with van der Waals surface area (Å²) < 4.78 is 38.4. The van der Waals surface area contributed by atoms with Gasteiger partial charge in [0.05, 0.1) is 11.6 Å². The van der Waals surface area contributed by atoms with Crippen LogP contribution in [0.3, 0.4) is 0 Å². The molecule has 1 atom stereocenters. The lowest BCUT2D eigenvalue weighted by molar-refractivity contribution is -0.137. The number of nitrogens with one attached hydrogen (secondary N) is 2. The van der Waals surface area contributed by atoms with E-state index in [1.54, 1.807) is 19.1 Å². The molecule has 7 heteroatoms. The maximum atomic E-state index is 12.8. The summed E-state index contributed by atoms with van der Waals surface area (Å²) in [5.41, 5.74) is 2.45. The Morgan fingerprint density at radius 3 is 2.56 bits per heavy atom. The fourth-order valence-corrected chi connectivity index (χ4v) is 2.78. The van der Waals surface area contributed by atoms with Crippen molar-refractivity contribution >= 4 is 18.3 Å². The van der Waals surface area contributed by atoms with Gasteiger partial charge < -0.3 is 10.6 Å². The first-order valence-electron chi connectivity index (χ1n) is 7.65. The van der Waals surface area contributed by atoms with E-state index in [9.17, 15) is 18.0 Å². The van der Waals surface area contributed by atoms with Crippen LogP contribution in [-0.2, 0) is 19.3 Å². The Bertz CT molecular complexity index is 777. The number of hydrogen-bond acceptors (Lipinski definition) is 2. The van der Waals surface area contributed by atoms with Gasteiger partial charge in [0.15, 0.2) is 0 Å². The second-order valence-electron chi connectivity index (χ2n) is 5.91. The summed E-state index contributed by atoms with van der Waals surface area (Å²) in [6.07, 6.45) is -4.40. The molecule has 1 aliphatic rings. The molecule has 3 rings (SSSR count). The van der Waals surface area contributed by atoms with E-state index < -0.39 is 17.8 Å². The lowest BCUT2D eigenvalue weighted by Crippen LogP contribution is -2.27. The second-order valence-corrected chi connectivity index (χ2v) is 5.91. The molecule has 2 aromatic carbocycles. The van der Waals surface area contributed by atoms with E-state index >= 15 is 0 Å². The normalized spacial score (nSPS) is 14.4. The molecule has 3 nitrogen and oxygen atoms in total. The van der Waals surface area contributed by atoms with Gasteiger partial charge in [0, 0.05) is 18.7 Å². The third-order valence-electron chi connectivity index (χ3n) is 4.16. The fourth-order valence-electron chi connectivity index (χ4n) is 2.78. The molecule has 0 aromatic heterocycles. The minimum absolute atomic E-state index is 0. The summed E-state index contributed by atoms with van der Waals surface area (Å²) in [7, 11) is 0. The van der Waals surface area contributed by atoms with Crippen LogP contribution in [0.5, 0.6) is 0 Å². The van der Waals surface area contributed by atoms with Gasteiger partial charge >= 0.3 is 6.18 Å². The molecular formula is C18H18ClF3N2O. The van der Waals surface area contributed by atoms with E-state index in [1.165, 1.54) is 6.07 Å². The molecule has 2 N–H and O–H groups in total. The van der Waals surface area contributed by atoms with E-state index in [4.69, 9.17) is 0 Å². The van der Waals surface area contributed by atoms with Crippen LogP contribution in [0.15, 0.2) is 42.5 Å². The van der Waals surface area contributed by atoms with Crippen molar-refractivity contribution in [3.63, 3.8) is 0 Å². The molecule has 25 heavy (non-hydrogen) atoms. The molecule has 1 unspecified atom stereocenters. The standard InChI is InChI=1S/C18H17F3N2O.ClH/c1-11(12-3-2-4-16(8-12)18(19,20)21)23-17(24)13-5-6-14-9-22-10-15(14)7-13;/h2-8,11,22H,9-10H2,1H3,(H,23,24);1H. The van der Waals surface area contributed by atoms with Crippen LogP contribution in [0.25, 0.3) is 0 Å². The zero-order chi connectivity index (χ0) is 17.3. The highest BCUT2D eigenvalue weighted by Crippen LogP contribution is 2.30. The quantitative estimate of drug-likeness (QED) is 0.849. The van der Waals surface area contributed by atoms with Crippen molar-refractivity contribution < 1.29 is 18.0 Å². The fraction of sp³-hybridized carbons (Fsp3) is 0.278. The number of halogens is 4. The van der Waals surface area contributed by atoms with Crippen LogP contribution >= 0.6 is 12.4 Å². The van der Waals surface area contributed by atoms with Crippen LogP contribution in [0.1, 0.15) is 45.6 Å². The summed E-state index contributed by atoms with van der Waals surface area (Å²) in [4.78, 5) is 12.4. The monoisotopic (exact) mass is 370 g/mol. The largest absolute Gasteiger partial charge is 0.416 e. The zero-order valence-corrected chi connectivity index (χ0v) is 14.3. The zero-order valence-electron chi connectivity index (χ0n) is 13.5. The third-order valence-corrected chi connectivity index (χ3v) is 4.16. The van der Waals surface area contributed by atoms with Crippen molar-refractivity contribution in [2.24, 2.45) is 0 Å². The SMILES string of the molecule is CC(NC(=O)c1ccc2c(c1)CNC2)c1cccc(C(F)(F)F)c1.Cl. The number of carbonyl (C=O) groups excluding carboxylic acids is 1. The van der Waals surface area contributed by atoms with Crippen LogP contribution < -0.4 is 10.6 Å². The predicted molar refractivity (Wildman–Crippen MR) is 91.6 cm³/mol. The second kappa shape index (κ2) is 7.45. The molecule has 0 aliphatic carbocycles. The van der Waals surface area contributed by atoms with Crippen LogP contribution in [0, 0.1) is 0 Å². The van der Waals surface area contributed by atoms with Crippen molar-refractivity contribution in [2.75, 3.05) is 0 Å². The highest BCUT2D eigenvalue weighted by molar-refractivity contribution is 5.94. The Kier molecular flexibility index (Phi) is 5.75. The Hall–Kier alpha value is -2.05. The van der Waals surface area contributed by atoms with E-state index in [0.29, 0.717) is 11.1 Å². The molecule has 0 bridgehead atoms. The summed E-state index contributed by atoms with van der Waals surface area (Å²) in [5, 5.41) is 5.96. The third kappa shape index (κ3) is 4.32. The number of amides is 1. The Balaban J connectivity index is 0.00000225. The highest BCUT2D eigenvalue weighted by Gasteiger charge is 2.30. The highest BCUT2D eigenvalue weighted by atomic mass is 35.5. The topological polar surface area (TPSA) is 41.1 Å². The van der Waals surface area contributed by atoms with Gasteiger partial charge in [-0.05, 0) is 47.9 Å². The van der Waals surface area contributed by atoms with Crippen molar-refractivity contribution in [1.29, 1.82) is 0 Å². The maximum Gasteiger partial charge on any atom is 0.416 e. The maximum absolute atomic E-state index is 12.8. The summed E-state index contributed by atoms with van der Waals surface area (Å²) in [6, 6.07) is 9.95. The van der Waals surface area contributed by atoms with Crippen molar-refractivity contribution in [1.82, 2.24) is 10.6 Å². The van der Waals surface area contributed by atoms with Gasteiger partial charge in [0.1, 0.15) is 0 Å². The van der Waals surface area contributed by atoms with E-state index in [2.05, 4.69) is 10.6 Å². The van der Waals surface area contributed by atoms with Crippen molar-refractivity contribution in [3.8, 4) is 0 Å². The number of fused-ring (bicyclic) bond motifs is 1. The first-order chi connectivity index (χ1) is 11.3. The van der Waals surface area contributed by atoms with Gasteiger partial charge in [-0.1, -0.05) is 18.2 Å². The van der Waals surface area contributed by atoms with Gasteiger partial charge in [-0.2, -0.15) is 13.2 Å². The summed E-state index contributed by atoms with van der Waals surface area (Å²) in [6.45, 7) is 3.18. The van der Waals surface area contributed by atoms with E-state index in [0.717, 1.165) is 36.3 Å². The smallest absolute Gasteiger partial charge is 0.346 e. The van der Waals surface area contributed by atoms with Gasteiger partial charge in [0.2, 0.25) is 0 Å². The molecule has 0 radical (unpaired) electrons. The van der Waals surface area contributed by atoms with Crippen LogP contribution in [-0.4, -0.2) is 5.91 Å². The molecule has 134 valence electrons. The molecular weight excluding hydrogens is 353 g/mol. The molecule has 1 aliphatic heterocycles. The predicted octanol–water partition coefficient (Wildman–Crippen LogP) is 4.22. The summed E-state index contributed by atoms with van der Waals surface area (Å²) in [5.74, 6) is -0.297. The van der Waals surface area contributed by atoms with Gasteiger partial charge in [-0.25, -0.2) is 0 Å². The number of hydrogen-bond donors (Lipinski definition) is 2. The van der Waals surface area contributed by atoms with E-state index in [-0.39, 0.29) is 18.3 Å². The Labute approximate surface area is 150 Å². The van der Waals surface area contributed by atoms with Gasteiger partial charge in [-0.3, -0.25) is 4.79 Å². The van der Waals surface area contributed by atoms with Crippen LogP contribution in [0.4, 0.5) is 13.2 Å². The number of rotatable bonds is 3. The molecule has 0 fully saturated rings. The van der Waals surface area contributed by atoms with Gasteiger partial charge in [0.25, 0.3) is 5.91 Å².